The minimum absolute atomic E-state index is 0.0789. The average molecular weight is 968 g/mol. The number of hydrogen-bond acceptors (Lipinski definition) is 6. The Morgan fingerprint density at radius 3 is 0.841 bits per heavy atom. The summed E-state index contributed by atoms with van der Waals surface area (Å²) in [5.41, 5.74) is 0. The zero-order valence-corrected chi connectivity index (χ0v) is 46.1. The summed E-state index contributed by atoms with van der Waals surface area (Å²) in [6.45, 7) is 6.62. The van der Waals surface area contributed by atoms with Gasteiger partial charge in [-0.05, 0) is 64.2 Å². The molecule has 0 saturated heterocycles. The largest absolute Gasteiger partial charge is 0.462 e. The molecule has 402 valence electrons. The normalized spacial score (nSPS) is 12.3. The van der Waals surface area contributed by atoms with Crippen LogP contribution in [0.15, 0.2) is 48.6 Å². The monoisotopic (exact) mass is 967 g/mol. The van der Waals surface area contributed by atoms with E-state index in [4.69, 9.17) is 14.2 Å². The van der Waals surface area contributed by atoms with E-state index in [-0.39, 0.29) is 31.1 Å². The molecule has 6 nitrogen and oxygen atoms in total. The van der Waals surface area contributed by atoms with Crippen LogP contribution in [0.2, 0.25) is 0 Å². The van der Waals surface area contributed by atoms with Gasteiger partial charge >= 0.3 is 17.9 Å². The molecule has 0 unspecified atom stereocenters. The molecule has 0 rings (SSSR count). The van der Waals surface area contributed by atoms with Crippen molar-refractivity contribution in [3.05, 3.63) is 48.6 Å². The van der Waals surface area contributed by atoms with Gasteiger partial charge in [0.2, 0.25) is 0 Å². The number of ether oxygens (including phenoxy) is 3. The third kappa shape index (κ3) is 56.2. The fourth-order valence-electron chi connectivity index (χ4n) is 8.78. The summed E-state index contributed by atoms with van der Waals surface area (Å²) in [4.78, 5) is 38.1. The van der Waals surface area contributed by atoms with Crippen molar-refractivity contribution >= 4 is 17.9 Å². The molecule has 0 heterocycles. The van der Waals surface area contributed by atoms with Crippen molar-refractivity contribution in [2.24, 2.45) is 0 Å². The van der Waals surface area contributed by atoms with Crippen LogP contribution in [0.25, 0.3) is 0 Å². The highest BCUT2D eigenvalue weighted by atomic mass is 16.6. The zero-order valence-electron chi connectivity index (χ0n) is 46.1. The molecule has 6 heteroatoms. The smallest absolute Gasteiger partial charge is 0.306 e. The highest BCUT2D eigenvalue weighted by Gasteiger charge is 2.19. The van der Waals surface area contributed by atoms with Gasteiger partial charge in [-0.1, -0.05) is 281 Å². The van der Waals surface area contributed by atoms with Gasteiger partial charge < -0.3 is 14.2 Å². The second-order valence-corrected chi connectivity index (χ2v) is 20.3. The Morgan fingerprint density at radius 2 is 0.522 bits per heavy atom. The van der Waals surface area contributed by atoms with Crippen LogP contribution >= 0.6 is 0 Å². The zero-order chi connectivity index (χ0) is 50.0. The first-order chi connectivity index (χ1) is 34.0. The number of hydrogen-bond donors (Lipinski definition) is 0. The molecule has 0 aromatic heterocycles. The quantitative estimate of drug-likeness (QED) is 0.0262. The Labute approximate surface area is 428 Å². The SMILES string of the molecule is CCCCC/C=C\C/C=C\C/C=C\C/C=C\CCCCCC(=O)OC[C@H](COC(=O)CCCCCCCCCCCCCCCCCCCCCCC)OC(=O)CCCCCCCCCCCCC. The molecule has 0 aliphatic rings. The predicted molar refractivity (Wildman–Crippen MR) is 298 cm³/mol. The maximum absolute atomic E-state index is 12.8. The molecule has 0 aliphatic carbocycles. The predicted octanol–water partition coefficient (Wildman–Crippen LogP) is 20.2. The van der Waals surface area contributed by atoms with Gasteiger partial charge in [-0.3, -0.25) is 14.4 Å². The van der Waals surface area contributed by atoms with Gasteiger partial charge in [-0.2, -0.15) is 0 Å². The molecule has 0 saturated carbocycles. The Morgan fingerprint density at radius 1 is 0.290 bits per heavy atom. The summed E-state index contributed by atoms with van der Waals surface area (Å²) in [5.74, 6) is -0.894. The third-order valence-corrected chi connectivity index (χ3v) is 13.3. The van der Waals surface area contributed by atoms with Gasteiger partial charge in [-0.15, -0.1) is 0 Å². The first-order valence-corrected chi connectivity index (χ1v) is 30.1. The maximum Gasteiger partial charge on any atom is 0.306 e. The highest BCUT2D eigenvalue weighted by Crippen LogP contribution is 2.17. The van der Waals surface area contributed by atoms with Crippen molar-refractivity contribution in [2.45, 2.75) is 322 Å². The summed E-state index contributed by atoms with van der Waals surface area (Å²) in [6, 6.07) is 0. The Bertz CT molecular complexity index is 1200. The lowest BCUT2D eigenvalue weighted by atomic mass is 10.0. The molecule has 0 aliphatic heterocycles. The van der Waals surface area contributed by atoms with E-state index in [2.05, 4.69) is 69.4 Å². The first kappa shape index (κ1) is 66.4. The standard InChI is InChI=1S/C63H114O6/c1-4-7-10-13-16-19-22-24-26-28-30-31-33-35-37-39-42-44-47-50-53-56-62(65)68-59-60(69-63(66)57-54-51-48-45-40-21-18-15-12-9-6-3)58-67-61(64)55-52-49-46-43-41-38-36-34-32-29-27-25-23-20-17-14-11-8-5-2/h17,20,25,27,32,34,38,41,60H,4-16,18-19,21-24,26,28-31,33,35-37,39-40,42-59H2,1-3H3/b20-17-,27-25-,34-32-,41-38-/t60-/m1/s1. The second-order valence-electron chi connectivity index (χ2n) is 20.3. The van der Waals surface area contributed by atoms with Crippen molar-refractivity contribution in [3.8, 4) is 0 Å². The van der Waals surface area contributed by atoms with Crippen molar-refractivity contribution < 1.29 is 28.6 Å². The molecule has 0 fully saturated rings. The summed E-state index contributed by atoms with van der Waals surface area (Å²) >= 11 is 0. The summed E-state index contributed by atoms with van der Waals surface area (Å²) < 4.78 is 16.9. The second kappa shape index (κ2) is 57.9. The third-order valence-electron chi connectivity index (χ3n) is 13.3. The van der Waals surface area contributed by atoms with E-state index in [1.165, 1.54) is 193 Å². The number of unbranched alkanes of at least 4 members (excludes halogenated alkanes) is 36. The maximum atomic E-state index is 12.8. The molecule has 0 aromatic rings. The van der Waals surface area contributed by atoms with E-state index in [1.807, 2.05) is 0 Å². The van der Waals surface area contributed by atoms with E-state index in [1.54, 1.807) is 0 Å². The highest BCUT2D eigenvalue weighted by molar-refractivity contribution is 5.71. The molecule has 0 N–H and O–H groups in total. The summed E-state index contributed by atoms with van der Waals surface area (Å²) in [6.07, 6.45) is 71.1. The van der Waals surface area contributed by atoms with E-state index in [0.29, 0.717) is 19.3 Å². The van der Waals surface area contributed by atoms with E-state index in [0.717, 1.165) is 83.5 Å². The number of carbonyl (C=O) groups is 3. The minimum Gasteiger partial charge on any atom is -0.462 e. The molecule has 0 spiro atoms. The van der Waals surface area contributed by atoms with Crippen LogP contribution in [-0.2, 0) is 28.6 Å². The van der Waals surface area contributed by atoms with Crippen LogP contribution in [0.1, 0.15) is 316 Å². The molecule has 0 radical (unpaired) electrons. The minimum atomic E-state index is -0.782. The summed E-state index contributed by atoms with van der Waals surface area (Å²) in [7, 11) is 0. The molecule has 0 amide bonds. The van der Waals surface area contributed by atoms with Crippen molar-refractivity contribution in [1.29, 1.82) is 0 Å². The van der Waals surface area contributed by atoms with Gasteiger partial charge in [0.25, 0.3) is 0 Å². The van der Waals surface area contributed by atoms with Crippen molar-refractivity contribution in [3.63, 3.8) is 0 Å². The van der Waals surface area contributed by atoms with Crippen LogP contribution in [0.4, 0.5) is 0 Å². The first-order valence-electron chi connectivity index (χ1n) is 30.1. The molecule has 1 atom stereocenters. The Hall–Kier alpha value is -2.63. The van der Waals surface area contributed by atoms with E-state index >= 15 is 0 Å². The van der Waals surface area contributed by atoms with Gasteiger partial charge in [0, 0.05) is 19.3 Å². The Balaban J connectivity index is 4.30. The van der Waals surface area contributed by atoms with Gasteiger partial charge in [0.15, 0.2) is 6.10 Å². The van der Waals surface area contributed by atoms with E-state index < -0.39 is 6.10 Å². The Kier molecular flexibility index (Phi) is 55.7. The molecule has 0 aromatic carbocycles. The number of carbonyl (C=O) groups excluding carboxylic acids is 3. The summed E-state index contributed by atoms with van der Waals surface area (Å²) in [5, 5.41) is 0. The number of esters is 3. The fourth-order valence-corrected chi connectivity index (χ4v) is 8.78. The lowest BCUT2D eigenvalue weighted by Gasteiger charge is -2.18. The van der Waals surface area contributed by atoms with Crippen molar-refractivity contribution in [2.75, 3.05) is 13.2 Å². The van der Waals surface area contributed by atoms with E-state index in [9.17, 15) is 14.4 Å². The van der Waals surface area contributed by atoms with Crippen LogP contribution in [0, 0.1) is 0 Å². The molecule has 69 heavy (non-hydrogen) atoms. The number of rotatable bonds is 55. The van der Waals surface area contributed by atoms with Crippen LogP contribution < -0.4 is 0 Å². The van der Waals surface area contributed by atoms with Gasteiger partial charge in [-0.25, -0.2) is 0 Å². The fraction of sp³-hybridized carbons (Fsp3) is 0.825. The van der Waals surface area contributed by atoms with Crippen LogP contribution in [-0.4, -0.2) is 37.2 Å². The van der Waals surface area contributed by atoms with Gasteiger partial charge in [0.1, 0.15) is 13.2 Å². The van der Waals surface area contributed by atoms with Crippen LogP contribution in [0.5, 0.6) is 0 Å². The van der Waals surface area contributed by atoms with Crippen LogP contribution in [0.3, 0.4) is 0 Å². The number of allylic oxidation sites excluding steroid dienone is 8. The molecular weight excluding hydrogens is 853 g/mol. The van der Waals surface area contributed by atoms with Crippen molar-refractivity contribution in [1.82, 2.24) is 0 Å². The lowest BCUT2D eigenvalue weighted by molar-refractivity contribution is -0.167. The lowest BCUT2D eigenvalue weighted by Crippen LogP contribution is -2.30. The van der Waals surface area contributed by atoms with Gasteiger partial charge in [0.05, 0.1) is 0 Å². The molecular formula is C63H114O6. The molecule has 0 bridgehead atoms. The average Bonchev–Trinajstić information content (AvgIpc) is 3.35. The topological polar surface area (TPSA) is 78.9 Å².